The molecule has 0 radical (unpaired) electrons. The number of nitro groups is 1. The van der Waals surface area contributed by atoms with Crippen molar-refractivity contribution in [2.75, 3.05) is 0 Å². The van der Waals surface area contributed by atoms with Gasteiger partial charge in [0.05, 0.1) is 16.8 Å². The smallest absolute Gasteiger partial charge is 0.269 e. The van der Waals surface area contributed by atoms with E-state index in [2.05, 4.69) is 10.3 Å². The lowest BCUT2D eigenvalue weighted by molar-refractivity contribution is -0.384. The van der Waals surface area contributed by atoms with E-state index >= 15 is 0 Å². The SMILES string of the molecule is O=[N+]([O-])c1ccc(-c2nn(-c3ccccc3)cc2C=NO)cc1. The molecule has 0 aliphatic carbocycles. The van der Waals surface area contributed by atoms with Gasteiger partial charge in [0.25, 0.3) is 5.69 Å². The number of para-hydroxylation sites is 1. The summed E-state index contributed by atoms with van der Waals surface area (Å²) in [6, 6.07) is 15.5. The summed E-state index contributed by atoms with van der Waals surface area (Å²) in [5.41, 5.74) is 2.73. The Hall–Kier alpha value is -3.48. The lowest BCUT2D eigenvalue weighted by atomic mass is 10.1. The van der Waals surface area contributed by atoms with Gasteiger partial charge >= 0.3 is 0 Å². The number of non-ortho nitro benzene ring substituents is 1. The molecule has 0 unspecified atom stereocenters. The van der Waals surface area contributed by atoms with Crippen LogP contribution in [0.5, 0.6) is 0 Å². The topological polar surface area (TPSA) is 93.5 Å². The van der Waals surface area contributed by atoms with Gasteiger partial charge in [0.15, 0.2) is 0 Å². The first kappa shape index (κ1) is 14.5. The van der Waals surface area contributed by atoms with E-state index < -0.39 is 4.92 Å². The Bertz CT molecular complexity index is 855. The van der Waals surface area contributed by atoms with E-state index in [0.717, 1.165) is 5.69 Å². The van der Waals surface area contributed by atoms with Gasteiger partial charge in [-0.2, -0.15) is 5.10 Å². The largest absolute Gasteiger partial charge is 0.411 e. The summed E-state index contributed by atoms with van der Waals surface area (Å²) in [6.45, 7) is 0. The predicted molar refractivity (Wildman–Crippen MR) is 85.0 cm³/mol. The molecular formula is C16H12N4O3. The monoisotopic (exact) mass is 308 g/mol. The molecular weight excluding hydrogens is 296 g/mol. The third-order valence-electron chi connectivity index (χ3n) is 3.31. The molecule has 7 nitrogen and oxygen atoms in total. The summed E-state index contributed by atoms with van der Waals surface area (Å²) >= 11 is 0. The Morgan fingerprint density at radius 1 is 1.13 bits per heavy atom. The lowest BCUT2D eigenvalue weighted by Gasteiger charge is -2.00. The van der Waals surface area contributed by atoms with Gasteiger partial charge in [0, 0.05) is 29.5 Å². The van der Waals surface area contributed by atoms with Crippen molar-refractivity contribution in [1.29, 1.82) is 0 Å². The molecule has 1 aromatic heterocycles. The standard InChI is InChI=1S/C16H12N4O3/c21-17-10-13-11-19(14-4-2-1-3-5-14)18-16(13)12-6-8-15(9-7-12)20(22)23/h1-11,21H. The summed E-state index contributed by atoms with van der Waals surface area (Å²) in [6.07, 6.45) is 3.01. The average molecular weight is 308 g/mol. The molecule has 7 heteroatoms. The highest BCUT2D eigenvalue weighted by Crippen LogP contribution is 2.24. The molecule has 0 spiro atoms. The molecule has 1 N–H and O–H groups in total. The summed E-state index contributed by atoms with van der Waals surface area (Å²) in [5, 5.41) is 27.1. The maximum Gasteiger partial charge on any atom is 0.269 e. The van der Waals surface area contributed by atoms with Gasteiger partial charge in [-0.15, -0.1) is 0 Å². The quantitative estimate of drug-likeness (QED) is 0.346. The van der Waals surface area contributed by atoms with Crippen molar-refractivity contribution in [2.45, 2.75) is 0 Å². The third kappa shape index (κ3) is 2.93. The second kappa shape index (κ2) is 6.10. The first-order valence-corrected chi connectivity index (χ1v) is 6.76. The molecule has 0 aliphatic heterocycles. The number of aromatic nitrogens is 2. The highest BCUT2D eigenvalue weighted by molar-refractivity contribution is 5.88. The maximum absolute atomic E-state index is 10.7. The summed E-state index contributed by atoms with van der Waals surface area (Å²) in [7, 11) is 0. The minimum Gasteiger partial charge on any atom is -0.411 e. The Kier molecular flexibility index (Phi) is 3.84. The number of rotatable bonds is 4. The van der Waals surface area contributed by atoms with Crippen LogP contribution in [0, 0.1) is 10.1 Å². The Labute approximate surface area is 131 Å². The Morgan fingerprint density at radius 2 is 1.83 bits per heavy atom. The third-order valence-corrected chi connectivity index (χ3v) is 3.31. The Balaban J connectivity index is 2.07. The van der Waals surface area contributed by atoms with Crippen LogP contribution >= 0.6 is 0 Å². The number of nitrogens with zero attached hydrogens (tertiary/aromatic N) is 4. The van der Waals surface area contributed by atoms with Crippen LogP contribution in [0.1, 0.15) is 5.56 Å². The van der Waals surface area contributed by atoms with Crippen LogP contribution in [-0.2, 0) is 0 Å². The van der Waals surface area contributed by atoms with Crippen LogP contribution in [0.4, 0.5) is 5.69 Å². The molecule has 0 saturated carbocycles. The minimum atomic E-state index is -0.456. The average Bonchev–Trinajstić information content (AvgIpc) is 3.00. The number of hydrogen-bond acceptors (Lipinski definition) is 5. The maximum atomic E-state index is 10.7. The zero-order chi connectivity index (χ0) is 16.2. The summed E-state index contributed by atoms with van der Waals surface area (Å²) < 4.78 is 1.66. The zero-order valence-electron chi connectivity index (χ0n) is 11.9. The molecule has 0 atom stereocenters. The molecule has 0 fully saturated rings. The van der Waals surface area contributed by atoms with Crippen LogP contribution in [0.3, 0.4) is 0 Å². The van der Waals surface area contributed by atoms with Crippen molar-refractivity contribution in [3.63, 3.8) is 0 Å². The van der Waals surface area contributed by atoms with Crippen LogP contribution in [0.2, 0.25) is 0 Å². The van der Waals surface area contributed by atoms with Crippen LogP contribution in [0.25, 0.3) is 16.9 Å². The van der Waals surface area contributed by atoms with E-state index in [1.807, 2.05) is 30.3 Å². The van der Waals surface area contributed by atoms with Crippen molar-refractivity contribution in [2.24, 2.45) is 5.16 Å². The number of hydrogen-bond donors (Lipinski definition) is 1. The summed E-state index contributed by atoms with van der Waals surface area (Å²) in [5.74, 6) is 0. The van der Waals surface area contributed by atoms with Gasteiger partial charge < -0.3 is 5.21 Å². The van der Waals surface area contributed by atoms with Gasteiger partial charge in [-0.05, 0) is 24.3 Å². The van der Waals surface area contributed by atoms with Crippen molar-refractivity contribution < 1.29 is 10.1 Å². The molecule has 23 heavy (non-hydrogen) atoms. The van der Waals surface area contributed by atoms with Gasteiger partial charge in [-0.25, -0.2) is 4.68 Å². The molecule has 3 aromatic rings. The number of oxime groups is 1. The first-order valence-electron chi connectivity index (χ1n) is 6.76. The van der Waals surface area contributed by atoms with Gasteiger partial charge in [-0.1, -0.05) is 23.4 Å². The zero-order valence-corrected chi connectivity index (χ0v) is 11.9. The molecule has 0 bridgehead atoms. The molecule has 114 valence electrons. The van der Waals surface area contributed by atoms with Crippen molar-refractivity contribution in [3.8, 4) is 16.9 Å². The fourth-order valence-electron chi connectivity index (χ4n) is 2.22. The predicted octanol–water partition coefficient (Wildman–Crippen LogP) is 3.26. The second-order valence-corrected chi connectivity index (χ2v) is 4.76. The summed E-state index contributed by atoms with van der Waals surface area (Å²) in [4.78, 5) is 10.3. The van der Waals surface area contributed by atoms with E-state index in [0.29, 0.717) is 16.8 Å². The van der Waals surface area contributed by atoms with Crippen LogP contribution in [0.15, 0.2) is 65.9 Å². The highest BCUT2D eigenvalue weighted by Gasteiger charge is 2.13. The number of nitro benzene ring substituents is 1. The molecule has 1 heterocycles. The molecule has 2 aromatic carbocycles. The Morgan fingerprint density at radius 3 is 2.43 bits per heavy atom. The van der Waals surface area contributed by atoms with Crippen molar-refractivity contribution in [3.05, 3.63) is 76.5 Å². The van der Waals surface area contributed by atoms with Crippen LogP contribution in [-0.4, -0.2) is 26.1 Å². The van der Waals surface area contributed by atoms with E-state index in [1.165, 1.54) is 18.3 Å². The van der Waals surface area contributed by atoms with E-state index in [4.69, 9.17) is 5.21 Å². The highest BCUT2D eigenvalue weighted by atomic mass is 16.6. The van der Waals surface area contributed by atoms with Gasteiger partial charge in [0.2, 0.25) is 0 Å². The molecule has 0 saturated heterocycles. The van der Waals surface area contributed by atoms with Gasteiger partial charge in [0.1, 0.15) is 5.69 Å². The van der Waals surface area contributed by atoms with E-state index in [1.54, 1.807) is 23.0 Å². The molecule has 0 aliphatic rings. The normalized spacial score (nSPS) is 11.0. The second-order valence-electron chi connectivity index (χ2n) is 4.76. The lowest BCUT2D eigenvalue weighted by Crippen LogP contribution is -1.94. The molecule has 0 amide bonds. The van der Waals surface area contributed by atoms with Crippen LogP contribution < -0.4 is 0 Å². The first-order chi connectivity index (χ1) is 11.2. The fourth-order valence-corrected chi connectivity index (χ4v) is 2.22. The molecule has 3 rings (SSSR count). The number of benzene rings is 2. The van der Waals surface area contributed by atoms with E-state index in [-0.39, 0.29) is 5.69 Å². The van der Waals surface area contributed by atoms with Gasteiger partial charge in [-0.3, -0.25) is 10.1 Å². The van der Waals surface area contributed by atoms with E-state index in [9.17, 15) is 10.1 Å². The minimum absolute atomic E-state index is 0.00798. The van der Waals surface area contributed by atoms with Crippen molar-refractivity contribution in [1.82, 2.24) is 9.78 Å². The fraction of sp³-hybridized carbons (Fsp3) is 0. The van der Waals surface area contributed by atoms with Crippen molar-refractivity contribution >= 4 is 11.9 Å².